The van der Waals surface area contributed by atoms with Gasteiger partial charge in [-0.1, -0.05) is 35.6 Å². The predicted octanol–water partition coefficient (Wildman–Crippen LogP) is 4.48. The zero-order chi connectivity index (χ0) is 21.2. The van der Waals surface area contributed by atoms with Crippen molar-refractivity contribution in [1.29, 1.82) is 0 Å². The van der Waals surface area contributed by atoms with Crippen LogP contribution in [0.3, 0.4) is 0 Å². The summed E-state index contributed by atoms with van der Waals surface area (Å²) in [5.41, 5.74) is 10.00. The van der Waals surface area contributed by atoms with Crippen LogP contribution in [0.2, 0.25) is 0 Å². The van der Waals surface area contributed by atoms with E-state index in [1.165, 1.54) is 16.9 Å². The Kier molecular flexibility index (Phi) is 5.55. The summed E-state index contributed by atoms with van der Waals surface area (Å²) in [7, 11) is 2.19. The van der Waals surface area contributed by atoms with Crippen molar-refractivity contribution >= 4 is 26.7 Å². The van der Waals surface area contributed by atoms with Crippen molar-refractivity contribution in [2.75, 3.05) is 39.0 Å². The molecule has 4 aromatic rings. The standard InChI is InChI=1S/C24H25N5OS/c1-28-10-12-29(13-11-28)16-17-2-4-18(5-3-17)22-14-20(8-9-26-22)30-19-6-7-21-23(15-19)31-24(25)27-21/h2-9,14-15H,10-13,16H2,1H3,(H2,25,27). The molecule has 2 N–H and O–H groups in total. The van der Waals surface area contributed by atoms with Gasteiger partial charge < -0.3 is 15.4 Å². The summed E-state index contributed by atoms with van der Waals surface area (Å²) >= 11 is 1.46. The van der Waals surface area contributed by atoms with Crippen molar-refractivity contribution in [3.63, 3.8) is 0 Å². The van der Waals surface area contributed by atoms with E-state index < -0.39 is 0 Å². The highest BCUT2D eigenvalue weighted by Gasteiger charge is 2.14. The molecule has 3 heterocycles. The second-order valence-corrected chi connectivity index (χ2v) is 9.00. The van der Waals surface area contributed by atoms with Gasteiger partial charge in [0.1, 0.15) is 11.5 Å². The molecule has 0 spiro atoms. The lowest BCUT2D eigenvalue weighted by atomic mass is 10.1. The molecule has 1 fully saturated rings. The smallest absolute Gasteiger partial charge is 0.181 e. The van der Waals surface area contributed by atoms with Crippen molar-refractivity contribution in [3.8, 4) is 22.8 Å². The lowest BCUT2D eigenvalue weighted by Crippen LogP contribution is -2.43. The molecule has 0 unspecified atom stereocenters. The van der Waals surface area contributed by atoms with Gasteiger partial charge in [-0.05, 0) is 30.8 Å². The summed E-state index contributed by atoms with van der Waals surface area (Å²) in [5.74, 6) is 1.51. The van der Waals surface area contributed by atoms with E-state index in [2.05, 4.69) is 51.1 Å². The third kappa shape index (κ3) is 4.69. The van der Waals surface area contributed by atoms with Crippen molar-refractivity contribution in [1.82, 2.24) is 19.8 Å². The largest absolute Gasteiger partial charge is 0.457 e. The molecule has 158 valence electrons. The maximum absolute atomic E-state index is 6.08. The number of piperazine rings is 1. The minimum atomic E-state index is 0.564. The van der Waals surface area contributed by atoms with Gasteiger partial charge in [0.15, 0.2) is 5.13 Å². The maximum Gasteiger partial charge on any atom is 0.181 e. The number of benzene rings is 2. The first-order chi connectivity index (χ1) is 15.1. The number of fused-ring (bicyclic) bond motifs is 1. The fourth-order valence-electron chi connectivity index (χ4n) is 3.80. The number of nitrogens with zero attached hydrogens (tertiary/aromatic N) is 4. The van der Waals surface area contributed by atoms with Gasteiger partial charge in [-0.3, -0.25) is 9.88 Å². The van der Waals surface area contributed by atoms with Crippen LogP contribution in [0.25, 0.3) is 21.5 Å². The molecule has 2 aromatic carbocycles. The van der Waals surface area contributed by atoms with Crippen LogP contribution < -0.4 is 10.5 Å². The number of nitrogens with two attached hydrogens (primary N) is 1. The third-order valence-corrected chi connectivity index (χ3v) is 6.44. The van der Waals surface area contributed by atoms with Crippen molar-refractivity contribution < 1.29 is 4.74 Å². The number of hydrogen-bond acceptors (Lipinski definition) is 7. The molecule has 0 amide bonds. The predicted molar refractivity (Wildman–Crippen MR) is 127 cm³/mol. The molecular weight excluding hydrogens is 406 g/mol. The molecule has 0 aliphatic carbocycles. The van der Waals surface area contributed by atoms with Crippen molar-refractivity contribution in [3.05, 3.63) is 66.4 Å². The molecule has 5 rings (SSSR count). The molecule has 1 aliphatic rings. The highest BCUT2D eigenvalue weighted by Crippen LogP contribution is 2.31. The topological polar surface area (TPSA) is 67.5 Å². The molecular formula is C24H25N5OS. The number of likely N-dealkylation sites (N-methyl/N-ethyl adjacent to an activating group) is 1. The first-order valence-electron chi connectivity index (χ1n) is 10.4. The van der Waals surface area contributed by atoms with Crippen LogP contribution in [0.15, 0.2) is 60.8 Å². The number of hydrogen-bond donors (Lipinski definition) is 1. The lowest BCUT2D eigenvalue weighted by molar-refractivity contribution is 0.148. The van der Waals surface area contributed by atoms with Gasteiger partial charge in [0.25, 0.3) is 0 Å². The van der Waals surface area contributed by atoms with Gasteiger partial charge in [-0.25, -0.2) is 4.98 Å². The summed E-state index contributed by atoms with van der Waals surface area (Å²) in [6, 6.07) is 18.3. The monoisotopic (exact) mass is 431 g/mol. The third-order valence-electron chi connectivity index (χ3n) is 5.60. The van der Waals surface area contributed by atoms with E-state index in [0.29, 0.717) is 5.13 Å². The molecule has 7 heteroatoms. The Morgan fingerprint density at radius 3 is 2.55 bits per heavy atom. The van der Waals surface area contributed by atoms with Gasteiger partial charge in [0, 0.05) is 56.6 Å². The normalized spacial score (nSPS) is 15.4. The second kappa shape index (κ2) is 8.63. The summed E-state index contributed by atoms with van der Waals surface area (Å²) < 4.78 is 7.09. The Morgan fingerprint density at radius 1 is 0.968 bits per heavy atom. The van der Waals surface area contributed by atoms with Crippen LogP contribution in [0.1, 0.15) is 5.56 Å². The zero-order valence-electron chi connectivity index (χ0n) is 17.5. The number of rotatable bonds is 5. The molecule has 0 bridgehead atoms. The SMILES string of the molecule is CN1CCN(Cc2ccc(-c3cc(Oc4ccc5nc(N)sc5c4)ccn3)cc2)CC1. The number of ether oxygens (including phenoxy) is 1. The van der Waals surface area contributed by atoms with E-state index in [9.17, 15) is 0 Å². The highest BCUT2D eigenvalue weighted by molar-refractivity contribution is 7.22. The van der Waals surface area contributed by atoms with E-state index in [0.717, 1.165) is 65.7 Å². The van der Waals surface area contributed by atoms with Gasteiger partial charge in [0.05, 0.1) is 15.9 Å². The number of pyridine rings is 1. The van der Waals surface area contributed by atoms with Crippen LogP contribution in [-0.4, -0.2) is 53.0 Å². The Hall–Kier alpha value is -3.00. The summed E-state index contributed by atoms with van der Waals surface area (Å²) in [6.07, 6.45) is 1.78. The minimum Gasteiger partial charge on any atom is -0.457 e. The van der Waals surface area contributed by atoms with Gasteiger partial charge in [-0.2, -0.15) is 0 Å². The van der Waals surface area contributed by atoms with Crippen LogP contribution in [-0.2, 0) is 6.54 Å². The van der Waals surface area contributed by atoms with Crippen LogP contribution in [0.4, 0.5) is 5.13 Å². The maximum atomic E-state index is 6.08. The van der Waals surface area contributed by atoms with Gasteiger partial charge >= 0.3 is 0 Å². The quantitative estimate of drug-likeness (QED) is 0.503. The first-order valence-corrected chi connectivity index (χ1v) is 11.2. The van der Waals surface area contributed by atoms with Crippen molar-refractivity contribution in [2.45, 2.75) is 6.54 Å². The minimum absolute atomic E-state index is 0.564. The van der Waals surface area contributed by atoms with E-state index in [1.807, 2.05) is 30.3 Å². The van der Waals surface area contributed by atoms with E-state index >= 15 is 0 Å². The zero-order valence-corrected chi connectivity index (χ0v) is 18.3. The van der Waals surface area contributed by atoms with E-state index in [-0.39, 0.29) is 0 Å². The molecule has 1 aliphatic heterocycles. The average Bonchev–Trinajstić information content (AvgIpc) is 3.15. The molecule has 0 atom stereocenters. The van der Waals surface area contributed by atoms with E-state index in [4.69, 9.17) is 10.5 Å². The highest BCUT2D eigenvalue weighted by atomic mass is 32.1. The number of thiazole rings is 1. The molecule has 0 saturated carbocycles. The van der Waals surface area contributed by atoms with Crippen LogP contribution in [0, 0.1) is 0 Å². The van der Waals surface area contributed by atoms with Crippen LogP contribution in [0.5, 0.6) is 11.5 Å². The second-order valence-electron chi connectivity index (χ2n) is 7.94. The number of aromatic nitrogens is 2. The summed E-state index contributed by atoms with van der Waals surface area (Å²) in [4.78, 5) is 13.7. The molecule has 31 heavy (non-hydrogen) atoms. The fraction of sp³-hybridized carbons (Fsp3) is 0.250. The average molecular weight is 432 g/mol. The van der Waals surface area contributed by atoms with E-state index in [1.54, 1.807) is 6.20 Å². The first kappa shape index (κ1) is 19.9. The fourth-order valence-corrected chi connectivity index (χ4v) is 4.56. The molecule has 6 nitrogen and oxygen atoms in total. The molecule has 2 aromatic heterocycles. The molecule has 1 saturated heterocycles. The Labute approximate surface area is 185 Å². The van der Waals surface area contributed by atoms with Crippen LogP contribution >= 0.6 is 11.3 Å². The van der Waals surface area contributed by atoms with Crippen molar-refractivity contribution in [2.24, 2.45) is 0 Å². The number of nitrogen functional groups attached to an aromatic ring is 1. The molecule has 0 radical (unpaired) electrons. The Bertz CT molecular complexity index is 1180. The van der Waals surface area contributed by atoms with Gasteiger partial charge in [-0.15, -0.1) is 0 Å². The summed E-state index contributed by atoms with van der Waals surface area (Å²) in [5, 5.41) is 0.564. The number of anilines is 1. The van der Waals surface area contributed by atoms with Gasteiger partial charge in [0.2, 0.25) is 0 Å². The Morgan fingerprint density at radius 2 is 1.74 bits per heavy atom. The lowest BCUT2D eigenvalue weighted by Gasteiger charge is -2.32. The Balaban J connectivity index is 1.28. The summed E-state index contributed by atoms with van der Waals surface area (Å²) in [6.45, 7) is 5.52.